The molecule has 0 saturated carbocycles. The molecule has 1 fully saturated rings. The highest BCUT2D eigenvalue weighted by Gasteiger charge is 2.34. The van der Waals surface area contributed by atoms with Crippen LogP contribution in [-0.4, -0.2) is 5.97 Å². The van der Waals surface area contributed by atoms with Gasteiger partial charge in [0.2, 0.25) is 0 Å². The van der Waals surface area contributed by atoms with Crippen LogP contribution < -0.4 is 21.3 Å². The molecule has 1 N–H and O–H groups in total. The first-order chi connectivity index (χ1) is 15.5. The zero-order valence-electron chi connectivity index (χ0n) is 17.7. The number of aryl methyl sites for hydroxylation is 2. The van der Waals surface area contributed by atoms with Crippen molar-refractivity contribution < 1.29 is 9.63 Å². The smallest absolute Gasteiger partial charge is 0.345 e. The largest absolute Gasteiger partial charge is 0.378 e. The fraction of sp³-hybridized carbons (Fsp3) is 0.160. The molecule has 0 aliphatic carbocycles. The molecule has 0 aromatic heterocycles. The molecule has 2 heterocycles. The molecule has 1 saturated heterocycles. The summed E-state index contributed by atoms with van der Waals surface area (Å²) in [6.45, 7) is 4.08. The number of para-hydroxylation sites is 2. The number of hydrazine groups is 1. The zero-order valence-corrected chi connectivity index (χ0v) is 18.4. The molecule has 3 aromatic rings. The Kier molecular flexibility index (Phi) is 5.25. The summed E-state index contributed by atoms with van der Waals surface area (Å²) in [4.78, 5) is 27.8. The molecule has 160 valence electrons. The van der Waals surface area contributed by atoms with Gasteiger partial charge in [-0.15, -0.1) is 0 Å². The van der Waals surface area contributed by atoms with Crippen molar-refractivity contribution >= 4 is 23.3 Å². The number of benzene rings is 3. The zero-order chi connectivity index (χ0) is 22.2. The van der Waals surface area contributed by atoms with E-state index in [0.29, 0.717) is 28.2 Å². The molecule has 32 heavy (non-hydrogen) atoms. The highest BCUT2D eigenvalue weighted by molar-refractivity contribution is 6.30. The van der Waals surface area contributed by atoms with Gasteiger partial charge in [0.25, 0.3) is 0 Å². The van der Waals surface area contributed by atoms with Gasteiger partial charge in [-0.3, -0.25) is 4.99 Å². The van der Waals surface area contributed by atoms with E-state index in [1.165, 1.54) is 5.56 Å². The molecule has 0 bridgehead atoms. The Morgan fingerprint density at radius 2 is 1.75 bits per heavy atom. The van der Waals surface area contributed by atoms with E-state index in [1.807, 2.05) is 80.6 Å². The molecule has 1 unspecified atom stereocenters. The predicted molar refractivity (Wildman–Crippen MR) is 122 cm³/mol. The van der Waals surface area contributed by atoms with Crippen molar-refractivity contribution in [3.05, 3.63) is 111 Å². The molecule has 5 rings (SSSR count). The summed E-state index contributed by atoms with van der Waals surface area (Å²) in [7, 11) is 0. The highest BCUT2D eigenvalue weighted by atomic mass is 35.5. The topological polar surface area (TPSA) is 66.3 Å². The van der Waals surface area contributed by atoms with Crippen molar-refractivity contribution in [1.29, 1.82) is 0 Å². The maximum Gasteiger partial charge on any atom is 0.378 e. The normalized spacial score (nSPS) is 20.2. The Bertz CT molecular complexity index is 1370. The van der Waals surface area contributed by atoms with Gasteiger partial charge in [0.05, 0.1) is 28.1 Å². The molecule has 1 atom stereocenters. The van der Waals surface area contributed by atoms with E-state index in [1.54, 1.807) is 5.01 Å². The van der Waals surface area contributed by atoms with E-state index in [-0.39, 0.29) is 6.04 Å². The fourth-order valence-electron chi connectivity index (χ4n) is 3.85. The van der Waals surface area contributed by atoms with Crippen molar-refractivity contribution in [3.63, 3.8) is 0 Å². The Hall–Kier alpha value is -3.48. The lowest BCUT2D eigenvalue weighted by Crippen LogP contribution is -2.30. The van der Waals surface area contributed by atoms with Crippen LogP contribution in [0.1, 0.15) is 29.2 Å². The standard InChI is InChI=1S/C25H21ClN4O2/c1-15-7-12-19(13-16(15)2)30-24(25(31)32-29-30)23-14-22(17-8-10-18(26)11-9-17)27-20-5-3-4-6-21(20)28-23/h3-13,22,29H,14H2,1-2H3/b24-23+. The molecule has 0 amide bonds. The van der Waals surface area contributed by atoms with Crippen LogP contribution in [0.15, 0.2) is 88.1 Å². The van der Waals surface area contributed by atoms with Gasteiger partial charge in [0.1, 0.15) is 0 Å². The molecule has 6 nitrogen and oxygen atoms in total. The molecule has 2 aliphatic heterocycles. The van der Waals surface area contributed by atoms with Gasteiger partial charge < -0.3 is 4.84 Å². The summed E-state index contributed by atoms with van der Waals surface area (Å²) in [6.07, 6.45) is 0.434. The highest BCUT2D eigenvalue weighted by Crippen LogP contribution is 2.33. The molecule has 0 spiro atoms. The van der Waals surface area contributed by atoms with Crippen LogP contribution in [0.4, 0.5) is 5.69 Å². The average molecular weight is 445 g/mol. The van der Waals surface area contributed by atoms with Gasteiger partial charge in [-0.1, -0.05) is 47.5 Å². The predicted octanol–water partition coefficient (Wildman–Crippen LogP) is 4.04. The van der Waals surface area contributed by atoms with E-state index in [4.69, 9.17) is 26.4 Å². The second-order valence-corrected chi connectivity index (χ2v) is 8.32. The summed E-state index contributed by atoms with van der Waals surface area (Å²) in [5.74, 6) is -0.476. The maximum absolute atomic E-state index is 12.8. The number of rotatable bonds is 2. The third-order valence-electron chi connectivity index (χ3n) is 5.74. The minimum absolute atomic E-state index is 0.225. The number of carbonyl (C=O) groups is 1. The SMILES string of the molecule is Cc1ccc(N2NOC(=O)/C2=C2/CC(c3ccc(Cl)cc3)N=c3ccccc3=N2)cc1C. The van der Waals surface area contributed by atoms with Crippen LogP contribution in [0, 0.1) is 13.8 Å². The molecular weight excluding hydrogens is 424 g/mol. The summed E-state index contributed by atoms with van der Waals surface area (Å²) < 4.78 is 0. The van der Waals surface area contributed by atoms with E-state index in [9.17, 15) is 4.79 Å². The van der Waals surface area contributed by atoms with Crippen LogP contribution in [0.5, 0.6) is 0 Å². The second kappa shape index (κ2) is 8.22. The third-order valence-corrected chi connectivity index (χ3v) is 5.99. The second-order valence-electron chi connectivity index (χ2n) is 7.88. The van der Waals surface area contributed by atoms with Gasteiger partial charge in [-0.25, -0.2) is 14.8 Å². The first kappa shape index (κ1) is 20.4. The number of nitrogens with zero attached hydrogens (tertiary/aromatic N) is 3. The van der Waals surface area contributed by atoms with E-state index >= 15 is 0 Å². The Balaban J connectivity index is 1.69. The lowest BCUT2D eigenvalue weighted by molar-refractivity contribution is -0.140. The van der Waals surface area contributed by atoms with Crippen molar-refractivity contribution in [2.24, 2.45) is 9.98 Å². The van der Waals surface area contributed by atoms with Gasteiger partial charge in [0.15, 0.2) is 5.70 Å². The lowest BCUT2D eigenvalue weighted by Gasteiger charge is -2.19. The quantitative estimate of drug-likeness (QED) is 0.606. The fourth-order valence-corrected chi connectivity index (χ4v) is 3.97. The summed E-state index contributed by atoms with van der Waals surface area (Å²) in [5.41, 5.74) is 7.79. The number of fused-ring (bicyclic) bond motifs is 1. The Morgan fingerprint density at radius 3 is 2.50 bits per heavy atom. The van der Waals surface area contributed by atoms with Gasteiger partial charge >= 0.3 is 5.97 Å². The minimum atomic E-state index is -0.476. The van der Waals surface area contributed by atoms with Crippen LogP contribution in [0.3, 0.4) is 0 Å². The molecular formula is C25H21ClN4O2. The van der Waals surface area contributed by atoms with Crippen LogP contribution >= 0.6 is 11.6 Å². The summed E-state index contributed by atoms with van der Waals surface area (Å²) >= 11 is 6.09. The van der Waals surface area contributed by atoms with Crippen LogP contribution in [0.2, 0.25) is 5.02 Å². The lowest BCUT2D eigenvalue weighted by atomic mass is 10.0. The van der Waals surface area contributed by atoms with Gasteiger partial charge in [-0.05, 0) is 66.9 Å². The van der Waals surface area contributed by atoms with Gasteiger partial charge in [0, 0.05) is 11.4 Å². The monoisotopic (exact) mass is 444 g/mol. The molecule has 3 aromatic carbocycles. The summed E-state index contributed by atoms with van der Waals surface area (Å²) in [5, 5.41) is 3.81. The van der Waals surface area contributed by atoms with Crippen LogP contribution in [0.25, 0.3) is 0 Å². The van der Waals surface area contributed by atoms with Crippen molar-refractivity contribution in [2.45, 2.75) is 26.3 Å². The van der Waals surface area contributed by atoms with Crippen molar-refractivity contribution in [2.75, 3.05) is 5.01 Å². The molecule has 0 radical (unpaired) electrons. The Labute approximate surface area is 190 Å². The molecule has 7 heteroatoms. The van der Waals surface area contributed by atoms with E-state index in [0.717, 1.165) is 22.2 Å². The van der Waals surface area contributed by atoms with E-state index in [2.05, 4.69) is 5.59 Å². The van der Waals surface area contributed by atoms with Crippen molar-refractivity contribution in [1.82, 2.24) is 5.59 Å². The number of hydrogen-bond acceptors (Lipinski definition) is 6. The maximum atomic E-state index is 12.8. The number of halogens is 1. The summed E-state index contributed by atoms with van der Waals surface area (Å²) in [6, 6.07) is 21.0. The number of nitrogens with one attached hydrogen (secondary N) is 1. The molecule has 2 aliphatic rings. The average Bonchev–Trinajstić information content (AvgIpc) is 3.06. The third kappa shape index (κ3) is 3.79. The first-order valence-corrected chi connectivity index (χ1v) is 10.7. The number of anilines is 1. The van der Waals surface area contributed by atoms with E-state index < -0.39 is 5.97 Å². The first-order valence-electron chi connectivity index (χ1n) is 10.3. The van der Waals surface area contributed by atoms with Crippen molar-refractivity contribution in [3.8, 4) is 0 Å². The number of hydrogen-bond donors (Lipinski definition) is 1. The minimum Gasteiger partial charge on any atom is -0.345 e. The number of carbonyl (C=O) groups excluding carboxylic acids is 1. The van der Waals surface area contributed by atoms with Gasteiger partial charge in [-0.2, -0.15) is 0 Å². The van der Waals surface area contributed by atoms with Crippen LogP contribution in [-0.2, 0) is 9.63 Å². The Morgan fingerprint density at radius 1 is 1.00 bits per heavy atom.